The van der Waals surface area contributed by atoms with Crippen molar-refractivity contribution in [1.29, 1.82) is 0 Å². The molecule has 1 saturated carbocycles. The first-order chi connectivity index (χ1) is 11.5. The monoisotopic (exact) mass is 350 g/mol. The predicted molar refractivity (Wildman–Crippen MR) is 90.7 cm³/mol. The van der Waals surface area contributed by atoms with Gasteiger partial charge in [-0.2, -0.15) is 0 Å². The van der Waals surface area contributed by atoms with E-state index >= 15 is 0 Å². The maximum Gasteiger partial charge on any atom is 0.253 e. The van der Waals surface area contributed by atoms with Crippen LogP contribution in [0.15, 0.2) is 12.1 Å². The molecular weight excluding hydrogens is 331 g/mol. The van der Waals surface area contributed by atoms with E-state index in [1.165, 1.54) is 12.1 Å². The van der Waals surface area contributed by atoms with Crippen LogP contribution in [0.4, 0.5) is 4.39 Å². The zero-order valence-corrected chi connectivity index (χ0v) is 14.1. The van der Waals surface area contributed by atoms with Crippen molar-refractivity contribution in [3.05, 3.63) is 28.3 Å². The number of rotatable bonds is 3. The molecule has 2 atom stereocenters. The van der Waals surface area contributed by atoms with Gasteiger partial charge in [0, 0.05) is 13.1 Å². The van der Waals surface area contributed by atoms with Crippen LogP contribution in [0.3, 0.4) is 0 Å². The van der Waals surface area contributed by atoms with Gasteiger partial charge >= 0.3 is 0 Å². The average molecular weight is 350 g/mol. The van der Waals surface area contributed by atoms with Crippen molar-refractivity contribution in [2.24, 2.45) is 5.92 Å². The van der Waals surface area contributed by atoms with Crippen molar-refractivity contribution in [2.45, 2.75) is 31.7 Å². The van der Waals surface area contributed by atoms with Crippen LogP contribution >= 0.6 is 12.2 Å². The molecular formula is C16H19FN4O2S. The molecule has 0 radical (unpaired) electrons. The highest BCUT2D eigenvalue weighted by Gasteiger charge is 2.32. The Hall–Kier alpha value is -2.22. The highest BCUT2D eigenvalue weighted by molar-refractivity contribution is 7.71. The molecule has 0 unspecified atom stereocenters. The van der Waals surface area contributed by atoms with E-state index in [1.807, 2.05) is 0 Å². The number of imidazole rings is 1. The summed E-state index contributed by atoms with van der Waals surface area (Å²) in [5.74, 6) is -1.28. The number of carbonyl (C=O) groups excluding carboxylic acids is 2. The Morgan fingerprint density at radius 1 is 1.25 bits per heavy atom. The summed E-state index contributed by atoms with van der Waals surface area (Å²) >= 11 is 5.01. The summed E-state index contributed by atoms with van der Waals surface area (Å²) < 4.78 is 14.1. The van der Waals surface area contributed by atoms with Crippen molar-refractivity contribution in [1.82, 2.24) is 20.6 Å². The molecule has 0 bridgehead atoms. The number of aromatic amines is 2. The van der Waals surface area contributed by atoms with E-state index in [0.717, 1.165) is 25.7 Å². The Labute approximate surface area is 143 Å². The lowest BCUT2D eigenvalue weighted by atomic mass is 9.83. The van der Waals surface area contributed by atoms with Crippen LogP contribution in [0.25, 0.3) is 11.0 Å². The third-order valence-corrected chi connectivity index (χ3v) is 4.70. The first-order valence-electron chi connectivity index (χ1n) is 7.93. The lowest BCUT2D eigenvalue weighted by Gasteiger charge is -2.30. The molecule has 128 valence electrons. The summed E-state index contributed by atoms with van der Waals surface area (Å²) in [4.78, 5) is 30.4. The lowest BCUT2D eigenvalue weighted by molar-refractivity contribution is -0.126. The van der Waals surface area contributed by atoms with Gasteiger partial charge in [0.15, 0.2) is 4.77 Å². The highest BCUT2D eigenvalue weighted by atomic mass is 32.1. The number of halogens is 1. The number of fused-ring (bicyclic) bond motifs is 1. The highest BCUT2D eigenvalue weighted by Crippen LogP contribution is 2.26. The molecule has 1 fully saturated rings. The minimum absolute atomic E-state index is 0.0783. The summed E-state index contributed by atoms with van der Waals surface area (Å²) in [5.41, 5.74) is 1.08. The first-order valence-corrected chi connectivity index (χ1v) is 8.34. The molecule has 0 aliphatic heterocycles. The quantitative estimate of drug-likeness (QED) is 0.641. The minimum atomic E-state index is -0.524. The predicted octanol–water partition coefficient (Wildman–Crippen LogP) is 2.40. The number of aromatic nitrogens is 2. The smallest absolute Gasteiger partial charge is 0.253 e. The summed E-state index contributed by atoms with van der Waals surface area (Å²) in [6.07, 6.45) is 3.37. The number of nitrogens with one attached hydrogen (secondary N) is 4. The second kappa shape index (κ2) is 6.72. The van der Waals surface area contributed by atoms with E-state index in [9.17, 15) is 14.0 Å². The molecule has 2 aromatic rings. The third kappa shape index (κ3) is 3.19. The summed E-state index contributed by atoms with van der Waals surface area (Å²) in [5, 5.41) is 5.54. The van der Waals surface area contributed by atoms with Gasteiger partial charge in [0.1, 0.15) is 5.82 Å². The fourth-order valence-corrected chi connectivity index (χ4v) is 3.55. The molecule has 1 aromatic heterocycles. The van der Waals surface area contributed by atoms with E-state index < -0.39 is 11.7 Å². The van der Waals surface area contributed by atoms with Crippen LogP contribution in [-0.4, -0.2) is 34.9 Å². The molecule has 6 nitrogen and oxygen atoms in total. The van der Waals surface area contributed by atoms with Crippen molar-refractivity contribution < 1.29 is 14.0 Å². The van der Waals surface area contributed by atoms with Crippen molar-refractivity contribution in [3.63, 3.8) is 0 Å². The van der Waals surface area contributed by atoms with Gasteiger partial charge in [-0.25, -0.2) is 4.39 Å². The van der Waals surface area contributed by atoms with Gasteiger partial charge in [0.05, 0.1) is 22.5 Å². The summed E-state index contributed by atoms with van der Waals surface area (Å²) in [6, 6.07) is 2.20. The minimum Gasteiger partial charge on any atom is -0.359 e. The second-order valence-electron chi connectivity index (χ2n) is 6.04. The lowest BCUT2D eigenvalue weighted by Crippen LogP contribution is -2.47. The molecule has 4 N–H and O–H groups in total. The fraction of sp³-hybridized carbons (Fsp3) is 0.438. The maximum absolute atomic E-state index is 13.8. The Balaban J connectivity index is 1.89. The van der Waals surface area contributed by atoms with Crippen LogP contribution in [0.2, 0.25) is 0 Å². The molecule has 0 saturated heterocycles. The van der Waals surface area contributed by atoms with Crippen LogP contribution in [-0.2, 0) is 4.79 Å². The van der Waals surface area contributed by atoms with Crippen molar-refractivity contribution >= 4 is 35.1 Å². The zero-order valence-electron chi connectivity index (χ0n) is 13.2. The van der Waals surface area contributed by atoms with Crippen molar-refractivity contribution in [2.75, 3.05) is 7.05 Å². The molecule has 1 aliphatic carbocycles. The zero-order chi connectivity index (χ0) is 17.3. The SMILES string of the molecule is CNC(=O)[C@H]1CCCC[C@H]1NC(=O)c1cc(F)cc2[nH]c(=S)[nH]c12. The Morgan fingerprint density at radius 2 is 2.00 bits per heavy atom. The van der Waals surface area contributed by atoms with Gasteiger partial charge in [0.25, 0.3) is 5.91 Å². The number of hydrogen-bond acceptors (Lipinski definition) is 3. The van der Waals surface area contributed by atoms with Gasteiger partial charge in [-0.05, 0) is 37.2 Å². The standard InChI is InChI=1S/C16H19FN4O2S/c1-18-14(22)9-4-2-3-5-11(9)19-15(23)10-6-8(17)7-12-13(10)21-16(24)20-12/h6-7,9,11H,2-5H2,1H3,(H,18,22)(H,19,23)(H2,20,21,24)/t9-,11+/m0/s1. The number of amides is 2. The number of benzene rings is 1. The van der Waals surface area contributed by atoms with E-state index in [0.29, 0.717) is 15.8 Å². The molecule has 3 rings (SSSR count). The van der Waals surface area contributed by atoms with Crippen LogP contribution in [0.1, 0.15) is 36.0 Å². The molecule has 8 heteroatoms. The number of hydrogen-bond donors (Lipinski definition) is 4. The fourth-order valence-electron chi connectivity index (χ4n) is 3.34. The van der Waals surface area contributed by atoms with E-state index in [1.54, 1.807) is 7.05 Å². The number of H-pyrrole nitrogens is 2. The largest absolute Gasteiger partial charge is 0.359 e. The van der Waals surface area contributed by atoms with Crippen LogP contribution in [0, 0.1) is 16.5 Å². The summed E-state index contributed by atoms with van der Waals surface area (Å²) in [7, 11) is 1.59. The topological polar surface area (TPSA) is 89.8 Å². The second-order valence-corrected chi connectivity index (χ2v) is 6.45. The maximum atomic E-state index is 13.8. The van der Waals surface area contributed by atoms with Gasteiger partial charge in [0.2, 0.25) is 5.91 Å². The van der Waals surface area contributed by atoms with Crippen molar-refractivity contribution in [3.8, 4) is 0 Å². The van der Waals surface area contributed by atoms with E-state index in [-0.39, 0.29) is 23.4 Å². The average Bonchev–Trinajstić information content (AvgIpc) is 2.93. The number of carbonyl (C=O) groups is 2. The Kier molecular flexibility index (Phi) is 4.66. The van der Waals surface area contributed by atoms with E-state index in [4.69, 9.17) is 12.2 Å². The molecule has 1 heterocycles. The van der Waals surface area contributed by atoms with E-state index in [2.05, 4.69) is 20.6 Å². The van der Waals surface area contributed by atoms with Gasteiger partial charge in [-0.1, -0.05) is 12.8 Å². The molecule has 0 spiro atoms. The third-order valence-electron chi connectivity index (χ3n) is 4.50. The van der Waals surface area contributed by atoms with Crippen LogP contribution in [0.5, 0.6) is 0 Å². The Morgan fingerprint density at radius 3 is 2.75 bits per heavy atom. The molecule has 1 aromatic carbocycles. The van der Waals surface area contributed by atoms with Gasteiger partial charge in [-0.3, -0.25) is 9.59 Å². The molecule has 24 heavy (non-hydrogen) atoms. The molecule has 2 amide bonds. The molecule has 1 aliphatic rings. The van der Waals surface area contributed by atoms with Crippen LogP contribution < -0.4 is 10.6 Å². The normalized spacial score (nSPS) is 20.8. The first kappa shape index (κ1) is 16.6. The van der Waals surface area contributed by atoms with Gasteiger partial charge < -0.3 is 20.6 Å². The van der Waals surface area contributed by atoms with Gasteiger partial charge in [-0.15, -0.1) is 0 Å². The summed E-state index contributed by atoms with van der Waals surface area (Å²) in [6.45, 7) is 0. The Bertz CT molecular complexity index is 844.